The summed E-state index contributed by atoms with van der Waals surface area (Å²) in [6, 6.07) is 0. The van der Waals surface area contributed by atoms with Gasteiger partial charge >= 0.3 is 11.8 Å². The minimum Gasteiger partial charge on any atom is -0.348 e. The Labute approximate surface area is 71.7 Å². The quantitative estimate of drug-likeness (QED) is 0.494. The summed E-state index contributed by atoms with van der Waals surface area (Å²) in [4.78, 5) is 21.8. The van der Waals surface area contributed by atoms with Crippen LogP contribution in [0.3, 0.4) is 0 Å². The summed E-state index contributed by atoms with van der Waals surface area (Å²) in [5.74, 6) is -1.01. The molecule has 0 aromatic heterocycles. The van der Waals surface area contributed by atoms with E-state index in [0.717, 1.165) is 25.7 Å². The van der Waals surface area contributed by atoms with E-state index in [9.17, 15) is 9.59 Å². The number of hydrogen-bond donors (Lipinski definition) is 2. The first kappa shape index (κ1) is 9.03. The molecule has 1 heterocycles. The van der Waals surface area contributed by atoms with Crippen molar-refractivity contribution >= 4 is 11.8 Å². The van der Waals surface area contributed by atoms with Crippen molar-refractivity contribution in [2.24, 2.45) is 0 Å². The van der Waals surface area contributed by atoms with Gasteiger partial charge in [0.25, 0.3) is 0 Å². The minimum absolute atomic E-state index is 0.503. The van der Waals surface area contributed by atoms with Crippen molar-refractivity contribution in [1.82, 2.24) is 10.6 Å². The van der Waals surface area contributed by atoms with Gasteiger partial charge in [-0.15, -0.1) is 0 Å². The van der Waals surface area contributed by atoms with E-state index in [2.05, 4.69) is 10.6 Å². The fourth-order valence-corrected chi connectivity index (χ4v) is 1.17. The summed E-state index contributed by atoms with van der Waals surface area (Å²) in [5, 5.41) is 5.10. The summed E-state index contributed by atoms with van der Waals surface area (Å²) < 4.78 is 0. The molecule has 0 atom stereocenters. The molecule has 0 radical (unpaired) electrons. The molecule has 0 bridgehead atoms. The van der Waals surface area contributed by atoms with Crippen LogP contribution in [-0.4, -0.2) is 24.9 Å². The zero-order valence-electron chi connectivity index (χ0n) is 7.06. The van der Waals surface area contributed by atoms with Crippen molar-refractivity contribution in [3.05, 3.63) is 0 Å². The van der Waals surface area contributed by atoms with Gasteiger partial charge in [0.05, 0.1) is 0 Å². The van der Waals surface area contributed by atoms with E-state index >= 15 is 0 Å². The van der Waals surface area contributed by atoms with E-state index in [-0.39, 0.29) is 0 Å². The van der Waals surface area contributed by atoms with Gasteiger partial charge in [0.1, 0.15) is 0 Å². The van der Waals surface area contributed by atoms with Gasteiger partial charge in [0.2, 0.25) is 0 Å². The third-order valence-electron chi connectivity index (χ3n) is 1.88. The fraction of sp³-hybridized carbons (Fsp3) is 0.750. The lowest BCUT2D eigenvalue weighted by molar-refractivity contribution is -0.139. The molecule has 0 unspecified atom stereocenters. The molecule has 0 aliphatic carbocycles. The highest BCUT2D eigenvalue weighted by molar-refractivity contribution is 6.35. The number of carbonyl (C=O) groups excluding carboxylic acids is 2. The maximum absolute atomic E-state index is 10.9. The van der Waals surface area contributed by atoms with Gasteiger partial charge in [-0.05, 0) is 12.8 Å². The van der Waals surface area contributed by atoms with Gasteiger partial charge in [-0.25, -0.2) is 0 Å². The first-order valence-corrected chi connectivity index (χ1v) is 4.37. The molecule has 4 heteroatoms. The molecule has 1 rings (SSSR count). The first-order valence-electron chi connectivity index (χ1n) is 4.37. The van der Waals surface area contributed by atoms with Crippen LogP contribution in [0.15, 0.2) is 0 Å². The summed E-state index contributed by atoms with van der Waals surface area (Å²) in [5.41, 5.74) is 0. The molecule has 1 aliphatic rings. The Hall–Kier alpha value is -1.06. The first-order chi connectivity index (χ1) is 5.80. The van der Waals surface area contributed by atoms with E-state index in [1.54, 1.807) is 0 Å². The van der Waals surface area contributed by atoms with Crippen LogP contribution in [0.5, 0.6) is 0 Å². The molecule has 68 valence electrons. The Kier molecular flexibility index (Phi) is 3.57. The molecule has 0 aromatic rings. The molecule has 2 amide bonds. The minimum atomic E-state index is -0.503. The van der Waals surface area contributed by atoms with Crippen LogP contribution in [0.25, 0.3) is 0 Å². The summed E-state index contributed by atoms with van der Waals surface area (Å²) >= 11 is 0. The highest BCUT2D eigenvalue weighted by Gasteiger charge is 2.12. The zero-order valence-corrected chi connectivity index (χ0v) is 7.06. The number of nitrogens with one attached hydrogen (secondary N) is 2. The van der Waals surface area contributed by atoms with E-state index in [4.69, 9.17) is 0 Å². The van der Waals surface area contributed by atoms with Crippen LogP contribution in [0.1, 0.15) is 25.7 Å². The Morgan fingerprint density at radius 1 is 0.750 bits per heavy atom. The van der Waals surface area contributed by atoms with Crippen molar-refractivity contribution in [1.29, 1.82) is 0 Å². The van der Waals surface area contributed by atoms with E-state index in [0.29, 0.717) is 13.1 Å². The monoisotopic (exact) mass is 170 g/mol. The SMILES string of the molecule is O=C1NCCCCCCNC1=O. The highest BCUT2D eigenvalue weighted by atomic mass is 16.2. The van der Waals surface area contributed by atoms with Gasteiger partial charge in [-0.2, -0.15) is 0 Å². The highest BCUT2D eigenvalue weighted by Crippen LogP contribution is 1.98. The van der Waals surface area contributed by atoms with Gasteiger partial charge in [0.15, 0.2) is 0 Å². The lowest BCUT2D eigenvalue weighted by atomic mass is 10.2. The average molecular weight is 170 g/mol. The third-order valence-corrected chi connectivity index (χ3v) is 1.88. The smallest absolute Gasteiger partial charge is 0.309 e. The second kappa shape index (κ2) is 4.74. The lowest BCUT2D eigenvalue weighted by Crippen LogP contribution is -2.41. The molecule has 1 fully saturated rings. The molecule has 0 spiro atoms. The predicted octanol–water partition coefficient (Wildman–Crippen LogP) is -0.207. The summed E-state index contributed by atoms with van der Waals surface area (Å²) in [7, 11) is 0. The molecular weight excluding hydrogens is 156 g/mol. The third kappa shape index (κ3) is 2.90. The van der Waals surface area contributed by atoms with Crippen molar-refractivity contribution in [2.45, 2.75) is 25.7 Å². The Morgan fingerprint density at radius 3 is 1.58 bits per heavy atom. The van der Waals surface area contributed by atoms with E-state index in [1.165, 1.54) is 0 Å². The molecule has 12 heavy (non-hydrogen) atoms. The molecule has 0 saturated carbocycles. The fourth-order valence-electron chi connectivity index (χ4n) is 1.17. The van der Waals surface area contributed by atoms with Crippen LogP contribution in [0, 0.1) is 0 Å². The maximum Gasteiger partial charge on any atom is 0.309 e. The standard InChI is InChI=1S/C8H14N2O2/c11-7-8(12)10-6-4-2-1-3-5-9-7/h1-6H2,(H,9,11)(H,10,12). The van der Waals surface area contributed by atoms with Crippen LogP contribution in [-0.2, 0) is 9.59 Å². The number of amides is 2. The largest absolute Gasteiger partial charge is 0.348 e. The van der Waals surface area contributed by atoms with Crippen LogP contribution in [0.4, 0.5) is 0 Å². The van der Waals surface area contributed by atoms with Crippen LogP contribution >= 0.6 is 0 Å². The molecule has 1 aliphatic heterocycles. The van der Waals surface area contributed by atoms with Gasteiger partial charge in [-0.3, -0.25) is 9.59 Å². The predicted molar refractivity (Wildman–Crippen MR) is 44.5 cm³/mol. The lowest BCUT2D eigenvalue weighted by Gasteiger charge is -2.09. The molecule has 0 aromatic carbocycles. The second-order valence-electron chi connectivity index (χ2n) is 2.93. The van der Waals surface area contributed by atoms with Gasteiger partial charge in [0, 0.05) is 13.1 Å². The Morgan fingerprint density at radius 2 is 1.17 bits per heavy atom. The molecular formula is C8H14N2O2. The average Bonchev–Trinajstić information content (AvgIpc) is 2.08. The maximum atomic E-state index is 10.9. The number of carbonyl (C=O) groups is 2. The molecule has 1 saturated heterocycles. The topological polar surface area (TPSA) is 58.2 Å². The van der Waals surface area contributed by atoms with Crippen molar-refractivity contribution in [3.8, 4) is 0 Å². The van der Waals surface area contributed by atoms with Crippen molar-refractivity contribution in [3.63, 3.8) is 0 Å². The summed E-state index contributed by atoms with van der Waals surface area (Å²) in [6.45, 7) is 1.23. The van der Waals surface area contributed by atoms with E-state index < -0.39 is 11.8 Å². The van der Waals surface area contributed by atoms with Crippen LogP contribution < -0.4 is 10.6 Å². The zero-order chi connectivity index (χ0) is 8.81. The van der Waals surface area contributed by atoms with Gasteiger partial charge < -0.3 is 10.6 Å². The second-order valence-corrected chi connectivity index (χ2v) is 2.93. The van der Waals surface area contributed by atoms with Crippen LogP contribution in [0.2, 0.25) is 0 Å². The molecule has 2 N–H and O–H groups in total. The summed E-state index contributed by atoms with van der Waals surface area (Å²) in [6.07, 6.45) is 4.18. The molecule has 4 nitrogen and oxygen atoms in total. The van der Waals surface area contributed by atoms with Crippen molar-refractivity contribution in [2.75, 3.05) is 13.1 Å². The van der Waals surface area contributed by atoms with E-state index in [1.807, 2.05) is 0 Å². The van der Waals surface area contributed by atoms with Crippen molar-refractivity contribution < 1.29 is 9.59 Å². The van der Waals surface area contributed by atoms with Gasteiger partial charge in [-0.1, -0.05) is 12.8 Å². The Bertz CT molecular complexity index is 160. The normalized spacial score (nSPS) is 21.0. The Balaban J connectivity index is 2.36. The number of rotatable bonds is 0. The number of hydrogen-bond acceptors (Lipinski definition) is 2.